The molecule has 1 aromatic rings. The first-order valence-electron chi connectivity index (χ1n) is 5.99. The number of ketones is 1. The maximum atomic E-state index is 12.2. The molecule has 1 saturated heterocycles. The van der Waals surface area contributed by atoms with Crippen LogP contribution in [-0.4, -0.2) is 35.8 Å². The summed E-state index contributed by atoms with van der Waals surface area (Å²) >= 11 is 0. The molecule has 94 valence electrons. The average molecular weight is 237 g/mol. The molecule has 0 aliphatic carbocycles. The molecule has 0 saturated carbocycles. The van der Waals surface area contributed by atoms with E-state index in [0.717, 1.165) is 13.1 Å². The Hall–Kier alpha value is -1.36. The van der Waals surface area contributed by atoms with E-state index in [4.69, 9.17) is 4.74 Å². The van der Waals surface area contributed by atoms with Gasteiger partial charge in [0.15, 0.2) is 11.5 Å². The molecule has 0 bridgehead atoms. The second-order valence-corrected chi connectivity index (χ2v) is 4.75. The largest absolute Gasteiger partial charge is 0.493 e. The molecule has 0 unspecified atom stereocenters. The van der Waals surface area contributed by atoms with Crippen LogP contribution < -0.4 is 10.1 Å². The Balaban J connectivity index is 2.21. The van der Waals surface area contributed by atoms with Crippen LogP contribution in [0.3, 0.4) is 0 Å². The number of rotatable bonds is 5. The molecule has 5 nitrogen and oxygen atoms in total. The lowest BCUT2D eigenvalue weighted by Gasteiger charge is -2.26. The van der Waals surface area contributed by atoms with Crippen molar-refractivity contribution in [2.45, 2.75) is 26.3 Å². The second kappa shape index (κ2) is 4.87. The first kappa shape index (κ1) is 12.1. The van der Waals surface area contributed by atoms with Gasteiger partial charge in [0.25, 0.3) is 0 Å². The predicted molar refractivity (Wildman–Crippen MR) is 64.5 cm³/mol. The molecule has 0 spiro atoms. The van der Waals surface area contributed by atoms with Crippen molar-refractivity contribution in [3.8, 4) is 5.75 Å². The van der Waals surface area contributed by atoms with Crippen LogP contribution in [0.4, 0.5) is 0 Å². The molecular weight excluding hydrogens is 218 g/mol. The summed E-state index contributed by atoms with van der Waals surface area (Å²) < 4.78 is 6.95. The van der Waals surface area contributed by atoms with E-state index in [2.05, 4.69) is 10.4 Å². The van der Waals surface area contributed by atoms with Crippen molar-refractivity contribution in [3.05, 3.63) is 11.9 Å². The normalized spacial score (nSPS) is 16.0. The molecule has 1 N–H and O–H groups in total. The summed E-state index contributed by atoms with van der Waals surface area (Å²) in [4.78, 5) is 12.2. The zero-order valence-corrected chi connectivity index (χ0v) is 10.6. The van der Waals surface area contributed by atoms with Gasteiger partial charge in [-0.15, -0.1) is 0 Å². The maximum Gasteiger partial charge on any atom is 0.185 e. The number of ether oxygens (including phenoxy) is 1. The zero-order valence-electron chi connectivity index (χ0n) is 10.6. The molecule has 2 heterocycles. The predicted octanol–water partition coefficient (Wildman–Crippen LogP) is 1.26. The minimum absolute atomic E-state index is 0.125. The van der Waals surface area contributed by atoms with Crippen LogP contribution in [-0.2, 0) is 0 Å². The molecule has 1 aliphatic rings. The van der Waals surface area contributed by atoms with E-state index in [1.807, 2.05) is 13.8 Å². The molecule has 17 heavy (non-hydrogen) atoms. The van der Waals surface area contributed by atoms with Crippen LogP contribution in [0.1, 0.15) is 36.8 Å². The summed E-state index contributed by atoms with van der Waals surface area (Å²) in [7, 11) is 1.57. The Kier molecular flexibility index (Phi) is 3.47. The molecule has 0 aromatic carbocycles. The average Bonchev–Trinajstić information content (AvgIpc) is 2.66. The fraction of sp³-hybridized carbons (Fsp3) is 0.667. The fourth-order valence-electron chi connectivity index (χ4n) is 2.00. The Bertz CT molecular complexity index is 408. The molecule has 5 heteroatoms. The Morgan fingerprint density at radius 3 is 2.82 bits per heavy atom. The van der Waals surface area contributed by atoms with Gasteiger partial charge < -0.3 is 10.1 Å². The molecular formula is C12H19N3O2. The Labute approximate surface area is 101 Å². The van der Waals surface area contributed by atoms with Crippen molar-refractivity contribution in [2.24, 2.45) is 5.92 Å². The first-order chi connectivity index (χ1) is 8.13. The SMILES string of the molecule is COc1cnn(C(C)C)c1C(=O)CC1CNC1. The van der Waals surface area contributed by atoms with Crippen LogP contribution in [0, 0.1) is 5.92 Å². The number of carbonyl (C=O) groups excluding carboxylic acids is 1. The number of carbonyl (C=O) groups is 1. The smallest absolute Gasteiger partial charge is 0.185 e. The molecule has 0 amide bonds. The lowest BCUT2D eigenvalue weighted by molar-refractivity contribution is 0.0929. The minimum atomic E-state index is 0.125. The molecule has 1 aromatic heterocycles. The van der Waals surface area contributed by atoms with Gasteiger partial charge in [-0.1, -0.05) is 0 Å². The maximum absolute atomic E-state index is 12.2. The first-order valence-corrected chi connectivity index (χ1v) is 5.99. The van der Waals surface area contributed by atoms with E-state index in [-0.39, 0.29) is 11.8 Å². The van der Waals surface area contributed by atoms with Gasteiger partial charge in [0.05, 0.1) is 13.3 Å². The molecule has 0 radical (unpaired) electrons. The second-order valence-electron chi connectivity index (χ2n) is 4.75. The number of methoxy groups -OCH3 is 1. The van der Waals surface area contributed by atoms with Crippen LogP contribution in [0.15, 0.2) is 6.20 Å². The van der Waals surface area contributed by atoms with Crippen molar-refractivity contribution in [1.82, 2.24) is 15.1 Å². The number of nitrogens with zero attached hydrogens (tertiary/aromatic N) is 2. The van der Waals surface area contributed by atoms with Gasteiger partial charge in [0, 0.05) is 12.5 Å². The van der Waals surface area contributed by atoms with Gasteiger partial charge in [0.2, 0.25) is 0 Å². The molecule has 1 aliphatic heterocycles. The summed E-state index contributed by atoms with van der Waals surface area (Å²) in [6.07, 6.45) is 2.19. The van der Waals surface area contributed by atoms with E-state index in [1.165, 1.54) is 0 Å². The summed E-state index contributed by atoms with van der Waals surface area (Å²) in [6.45, 7) is 5.88. The highest BCUT2D eigenvalue weighted by Crippen LogP contribution is 2.24. The monoisotopic (exact) mass is 237 g/mol. The lowest BCUT2D eigenvalue weighted by Crippen LogP contribution is -2.43. The molecule has 1 fully saturated rings. The number of nitrogens with one attached hydrogen (secondary N) is 1. The van der Waals surface area contributed by atoms with Crippen LogP contribution >= 0.6 is 0 Å². The Morgan fingerprint density at radius 2 is 2.35 bits per heavy atom. The van der Waals surface area contributed by atoms with Gasteiger partial charge in [-0.05, 0) is 32.9 Å². The number of aromatic nitrogens is 2. The van der Waals surface area contributed by atoms with Crippen molar-refractivity contribution < 1.29 is 9.53 Å². The van der Waals surface area contributed by atoms with Gasteiger partial charge in [-0.3, -0.25) is 9.48 Å². The van der Waals surface area contributed by atoms with E-state index < -0.39 is 0 Å². The number of hydrogen-bond acceptors (Lipinski definition) is 4. The summed E-state index contributed by atoms with van der Waals surface area (Å²) in [5, 5.41) is 7.39. The molecule has 0 atom stereocenters. The fourth-order valence-corrected chi connectivity index (χ4v) is 2.00. The van der Waals surface area contributed by atoms with E-state index in [1.54, 1.807) is 18.0 Å². The van der Waals surface area contributed by atoms with Gasteiger partial charge in [-0.25, -0.2) is 0 Å². The summed E-state index contributed by atoms with van der Waals surface area (Å²) in [5.74, 6) is 1.17. The van der Waals surface area contributed by atoms with E-state index >= 15 is 0 Å². The van der Waals surface area contributed by atoms with Crippen molar-refractivity contribution >= 4 is 5.78 Å². The minimum Gasteiger partial charge on any atom is -0.493 e. The topological polar surface area (TPSA) is 56.2 Å². The van der Waals surface area contributed by atoms with Crippen LogP contribution in [0.2, 0.25) is 0 Å². The van der Waals surface area contributed by atoms with E-state index in [0.29, 0.717) is 23.8 Å². The van der Waals surface area contributed by atoms with Crippen molar-refractivity contribution in [2.75, 3.05) is 20.2 Å². The third-order valence-electron chi connectivity index (χ3n) is 3.08. The van der Waals surface area contributed by atoms with Crippen molar-refractivity contribution in [1.29, 1.82) is 0 Å². The summed E-state index contributed by atoms with van der Waals surface area (Å²) in [5.41, 5.74) is 0.606. The highest BCUT2D eigenvalue weighted by atomic mass is 16.5. The molecule has 2 rings (SSSR count). The zero-order chi connectivity index (χ0) is 12.4. The van der Waals surface area contributed by atoms with Crippen LogP contribution in [0.5, 0.6) is 5.75 Å². The van der Waals surface area contributed by atoms with Crippen molar-refractivity contribution in [3.63, 3.8) is 0 Å². The summed E-state index contributed by atoms with van der Waals surface area (Å²) in [6, 6.07) is 0.164. The van der Waals surface area contributed by atoms with E-state index in [9.17, 15) is 4.79 Å². The van der Waals surface area contributed by atoms with Crippen LogP contribution in [0.25, 0.3) is 0 Å². The standard InChI is InChI=1S/C12H19N3O2/c1-8(2)15-12(11(17-3)7-14-15)10(16)4-9-5-13-6-9/h7-9,13H,4-6H2,1-3H3. The third-order valence-corrected chi connectivity index (χ3v) is 3.08. The van der Waals surface area contributed by atoms with Gasteiger partial charge >= 0.3 is 0 Å². The lowest BCUT2D eigenvalue weighted by atomic mass is 9.95. The van der Waals surface area contributed by atoms with Gasteiger partial charge in [0.1, 0.15) is 5.69 Å². The van der Waals surface area contributed by atoms with Gasteiger partial charge in [-0.2, -0.15) is 5.10 Å². The Morgan fingerprint density at radius 1 is 1.65 bits per heavy atom. The number of Topliss-reactive ketones (excluding diaryl/α,β-unsaturated/α-hetero) is 1. The third kappa shape index (κ3) is 2.34. The highest BCUT2D eigenvalue weighted by Gasteiger charge is 2.26. The quantitative estimate of drug-likeness (QED) is 0.783. The number of hydrogen-bond donors (Lipinski definition) is 1. The highest BCUT2D eigenvalue weighted by molar-refractivity contribution is 5.97.